The largest absolute Gasteiger partial charge is 0.350 e. The highest BCUT2D eigenvalue weighted by molar-refractivity contribution is 6.03. The van der Waals surface area contributed by atoms with Crippen LogP contribution >= 0.6 is 0 Å². The molecule has 0 fully saturated rings. The Morgan fingerprint density at radius 1 is 0.962 bits per heavy atom. The number of carbonyl (C=O) groups is 2. The molecule has 0 saturated heterocycles. The molecule has 0 unspecified atom stereocenters. The van der Waals surface area contributed by atoms with Gasteiger partial charge in [0, 0.05) is 12.2 Å². The lowest BCUT2D eigenvalue weighted by Crippen LogP contribution is -2.28. The lowest BCUT2D eigenvalue weighted by molar-refractivity contribution is 0.0944. The summed E-state index contributed by atoms with van der Waals surface area (Å²) in [5.41, 5.74) is 2.39. The highest BCUT2D eigenvalue weighted by Gasteiger charge is 2.15. The normalized spacial score (nSPS) is 11.3. The fraction of sp³-hybridized carbons (Fsp3) is 0.381. The number of anilines is 1. The maximum Gasteiger partial charge on any atom is 0.274 e. The number of aromatic nitrogens is 1. The Morgan fingerprint density at radius 2 is 1.54 bits per heavy atom. The predicted octanol–water partition coefficient (Wildman–Crippen LogP) is 4.02. The van der Waals surface area contributed by atoms with Crippen molar-refractivity contribution >= 4 is 17.5 Å². The van der Waals surface area contributed by atoms with Crippen LogP contribution in [0.5, 0.6) is 0 Å². The second-order valence-corrected chi connectivity index (χ2v) is 7.79. The van der Waals surface area contributed by atoms with Gasteiger partial charge in [0.15, 0.2) is 0 Å². The van der Waals surface area contributed by atoms with Crippen LogP contribution in [-0.4, -0.2) is 23.3 Å². The molecule has 0 aliphatic rings. The van der Waals surface area contributed by atoms with Gasteiger partial charge in [-0.15, -0.1) is 0 Å². The van der Waals surface area contributed by atoms with Crippen LogP contribution in [0.15, 0.2) is 42.5 Å². The van der Waals surface area contributed by atoms with Crippen LogP contribution in [0.1, 0.15) is 61.2 Å². The SMILES string of the molecule is CC(C)CNC(=O)c1cccc(C(=O)Nc2ccc(C(C)(C)C)cc2)n1. The molecule has 0 aliphatic heterocycles. The van der Waals surface area contributed by atoms with Gasteiger partial charge in [-0.1, -0.05) is 52.8 Å². The van der Waals surface area contributed by atoms with Crippen LogP contribution in [0.4, 0.5) is 5.69 Å². The predicted molar refractivity (Wildman–Crippen MR) is 105 cm³/mol. The highest BCUT2D eigenvalue weighted by atomic mass is 16.2. The van der Waals surface area contributed by atoms with E-state index in [2.05, 4.69) is 36.4 Å². The first-order chi connectivity index (χ1) is 12.2. The number of benzene rings is 1. The molecule has 26 heavy (non-hydrogen) atoms. The van der Waals surface area contributed by atoms with Gasteiger partial charge in [-0.25, -0.2) is 4.98 Å². The van der Waals surface area contributed by atoms with Crippen molar-refractivity contribution in [1.82, 2.24) is 10.3 Å². The van der Waals surface area contributed by atoms with Crippen LogP contribution in [0, 0.1) is 5.92 Å². The van der Waals surface area contributed by atoms with Crippen molar-refractivity contribution in [1.29, 1.82) is 0 Å². The van der Waals surface area contributed by atoms with Crippen molar-refractivity contribution in [3.05, 3.63) is 59.4 Å². The van der Waals surface area contributed by atoms with Crippen molar-refractivity contribution in [3.63, 3.8) is 0 Å². The van der Waals surface area contributed by atoms with Gasteiger partial charge in [0.1, 0.15) is 11.4 Å². The van der Waals surface area contributed by atoms with Crippen LogP contribution in [-0.2, 0) is 5.41 Å². The lowest BCUT2D eigenvalue weighted by atomic mass is 9.87. The second kappa shape index (κ2) is 8.13. The van der Waals surface area contributed by atoms with E-state index in [0.29, 0.717) is 18.2 Å². The Hall–Kier alpha value is -2.69. The summed E-state index contributed by atoms with van der Waals surface area (Å²) in [6.45, 7) is 11.0. The molecule has 0 atom stereocenters. The number of amides is 2. The van der Waals surface area contributed by atoms with E-state index in [1.807, 2.05) is 38.1 Å². The minimum Gasteiger partial charge on any atom is -0.350 e. The molecule has 0 saturated carbocycles. The van der Waals surface area contributed by atoms with Crippen molar-refractivity contribution < 1.29 is 9.59 Å². The molecule has 0 spiro atoms. The molecular formula is C21H27N3O2. The molecule has 0 bridgehead atoms. The summed E-state index contributed by atoms with van der Waals surface area (Å²) in [5, 5.41) is 5.62. The Morgan fingerprint density at radius 3 is 2.08 bits per heavy atom. The van der Waals surface area contributed by atoms with Crippen molar-refractivity contribution in [2.45, 2.75) is 40.0 Å². The summed E-state index contributed by atoms with van der Waals surface area (Å²) in [4.78, 5) is 28.7. The third-order valence-corrected chi connectivity index (χ3v) is 3.89. The third kappa shape index (κ3) is 5.41. The summed E-state index contributed by atoms with van der Waals surface area (Å²) < 4.78 is 0. The summed E-state index contributed by atoms with van der Waals surface area (Å²) in [5.74, 6) is -0.267. The first-order valence-electron chi connectivity index (χ1n) is 8.84. The highest BCUT2D eigenvalue weighted by Crippen LogP contribution is 2.23. The van der Waals surface area contributed by atoms with Crippen molar-refractivity contribution in [2.24, 2.45) is 5.92 Å². The van der Waals surface area contributed by atoms with E-state index in [9.17, 15) is 9.59 Å². The summed E-state index contributed by atoms with van der Waals surface area (Å²) in [7, 11) is 0. The van der Waals surface area contributed by atoms with Crippen molar-refractivity contribution in [3.8, 4) is 0 Å². The van der Waals surface area contributed by atoms with E-state index in [-0.39, 0.29) is 28.6 Å². The smallest absolute Gasteiger partial charge is 0.274 e. The van der Waals surface area contributed by atoms with E-state index in [1.165, 1.54) is 5.56 Å². The van der Waals surface area contributed by atoms with Crippen LogP contribution in [0.3, 0.4) is 0 Å². The van der Waals surface area contributed by atoms with E-state index in [0.717, 1.165) is 0 Å². The maximum atomic E-state index is 12.4. The summed E-state index contributed by atoms with van der Waals surface area (Å²) in [6, 6.07) is 12.6. The molecular weight excluding hydrogens is 326 g/mol. The molecule has 1 aromatic heterocycles. The molecule has 2 rings (SSSR count). The number of hydrogen-bond donors (Lipinski definition) is 2. The van der Waals surface area contributed by atoms with Gasteiger partial charge in [-0.05, 0) is 41.2 Å². The zero-order chi connectivity index (χ0) is 19.3. The van der Waals surface area contributed by atoms with E-state index in [4.69, 9.17) is 0 Å². The van der Waals surface area contributed by atoms with Gasteiger partial charge in [-0.3, -0.25) is 9.59 Å². The Labute approximate surface area is 155 Å². The van der Waals surface area contributed by atoms with Crippen LogP contribution in [0.25, 0.3) is 0 Å². The average molecular weight is 353 g/mol. The van der Waals surface area contributed by atoms with Crippen molar-refractivity contribution in [2.75, 3.05) is 11.9 Å². The molecule has 5 heteroatoms. The van der Waals surface area contributed by atoms with Gasteiger partial charge in [0.2, 0.25) is 0 Å². The second-order valence-electron chi connectivity index (χ2n) is 7.79. The maximum absolute atomic E-state index is 12.4. The quantitative estimate of drug-likeness (QED) is 0.853. The van der Waals surface area contributed by atoms with Gasteiger partial charge in [-0.2, -0.15) is 0 Å². The van der Waals surface area contributed by atoms with Gasteiger partial charge in [0.05, 0.1) is 0 Å². The summed E-state index contributed by atoms with van der Waals surface area (Å²) in [6.07, 6.45) is 0. The molecule has 1 heterocycles. The number of pyridine rings is 1. The van der Waals surface area contributed by atoms with Gasteiger partial charge >= 0.3 is 0 Å². The van der Waals surface area contributed by atoms with E-state index >= 15 is 0 Å². The molecule has 2 N–H and O–H groups in total. The number of rotatable bonds is 5. The standard InChI is InChI=1S/C21H27N3O2/c1-14(2)13-22-19(25)17-7-6-8-18(24-17)20(26)23-16-11-9-15(10-12-16)21(3,4)5/h6-12,14H,13H2,1-5H3,(H,22,25)(H,23,26). The molecule has 0 radical (unpaired) electrons. The monoisotopic (exact) mass is 353 g/mol. The molecule has 0 aliphatic carbocycles. The zero-order valence-corrected chi connectivity index (χ0v) is 16.1. The number of carbonyl (C=O) groups excluding carboxylic acids is 2. The Bertz CT molecular complexity index is 775. The molecule has 5 nitrogen and oxygen atoms in total. The van der Waals surface area contributed by atoms with Gasteiger partial charge < -0.3 is 10.6 Å². The lowest BCUT2D eigenvalue weighted by Gasteiger charge is -2.19. The minimum atomic E-state index is -0.341. The number of hydrogen-bond acceptors (Lipinski definition) is 3. The Balaban J connectivity index is 2.08. The summed E-state index contributed by atoms with van der Waals surface area (Å²) >= 11 is 0. The molecule has 138 valence electrons. The topological polar surface area (TPSA) is 71.1 Å². The Kier molecular flexibility index (Phi) is 6.14. The van der Waals surface area contributed by atoms with E-state index in [1.54, 1.807) is 18.2 Å². The minimum absolute atomic E-state index is 0.0573. The fourth-order valence-electron chi connectivity index (χ4n) is 2.32. The molecule has 2 aromatic rings. The first-order valence-corrected chi connectivity index (χ1v) is 8.84. The zero-order valence-electron chi connectivity index (χ0n) is 16.1. The van der Waals surface area contributed by atoms with Gasteiger partial charge in [0.25, 0.3) is 11.8 Å². The third-order valence-electron chi connectivity index (χ3n) is 3.89. The average Bonchev–Trinajstić information content (AvgIpc) is 2.59. The fourth-order valence-corrected chi connectivity index (χ4v) is 2.32. The molecule has 2 amide bonds. The number of nitrogens with one attached hydrogen (secondary N) is 2. The molecule has 1 aromatic carbocycles. The first kappa shape index (κ1) is 19.6. The number of nitrogens with zero attached hydrogens (tertiary/aromatic N) is 1. The van der Waals surface area contributed by atoms with E-state index < -0.39 is 0 Å². The van der Waals surface area contributed by atoms with Crippen LogP contribution < -0.4 is 10.6 Å². The van der Waals surface area contributed by atoms with Crippen LogP contribution in [0.2, 0.25) is 0 Å².